The molecular weight excluding hydrogens is 379 g/mol. The molecule has 0 N–H and O–H groups in total. The lowest BCUT2D eigenvalue weighted by molar-refractivity contribution is -0.137. The van der Waals surface area contributed by atoms with E-state index in [4.69, 9.17) is 4.74 Å². The second kappa shape index (κ2) is 7.43. The number of methoxy groups -OCH3 is 1. The smallest absolute Gasteiger partial charge is 0.416 e. The summed E-state index contributed by atoms with van der Waals surface area (Å²) in [6.07, 6.45) is -4.39. The minimum absolute atomic E-state index is 0.454. The number of hydrogen-bond acceptors (Lipinski definition) is 3. The number of halogens is 3. The molecule has 0 aliphatic heterocycles. The van der Waals surface area contributed by atoms with Crippen molar-refractivity contribution in [1.29, 1.82) is 0 Å². The molecule has 0 bridgehead atoms. The molecule has 4 rings (SSSR count). The first kappa shape index (κ1) is 18.7. The standard InChI is InChI=1S/C22H16F3N3O/c1-29-19-13-9-15(10-14-19)20-26-21(28(27-20)18-5-3-2-4-6-18)16-7-11-17(12-8-16)22(23,24)25/h2-14H,1H3. The van der Waals surface area contributed by atoms with Gasteiger partial charge >= 0.3 is 6.18 Å². The molecule has 1 heterocycles. The van der Waals surface area contributed by atoms with Crippen LogP contribution in [0.25, 0.3) is 28.5 Å². The van der Waals surface area contributed by atoms with Gasteiger partial charge in [0.25, 0.3) is 0 Å². The molecule has 4 nitrogen and oxygen atoms in total. The molecule has 0 atom stereocenters. The maximum atomic E-state index is 12.9. The topological polar surface area (TPSA) is 39.9 Å². The third kappa shape index (κ3) is 3.85. The van der Waals surface area contributed by atoms with Gasteiger partial charge < -0.3 is 4.74 Å². The van der Waals surface area contributed by atoms with Crippen LogP contribution in [-0.2, 0) is 6.18 Å². The molecule has 0 saturated carbocycles. The average Bonchev–Trinajstić information content (AvgIpc) is 3.19. The Hall–Kier alpha value is -3.61. The van der Waals surface area contributed by atoms with E-state index in [0.29, 0.717) is 23.0 Å². The summed E-state index contributed by atoms with van der Waals surface area (Å²) in [7, 11) is 1.58. The Morgan fingerprint density at radius 1 is 0.793 bits per heavy atom. The van der Waals surface area contributed by atoms with Crippen LogP contribution in [0.4, 0.5) is 13.2 Å². The van der Waals surface area contributed by atoms with Crippen molar-refractivity contribution in [1.82, 2.24) is 14.8 Å². The zero-order valence-corrected chi connectivity index (χ0v) is 15.4. The lowest BCUT2D eigenvalue weighted by atomic mass is 10.1. The highest BCUT2D eigenvalue weighted by atomic mass is 19.4. The number of nitrogens with zero attached hydrogens (tertiary/aromatic N) is 3. The van der Waals surface area contributed by atoms with Gasteiger partial charge in [0.1, 0.15) is 5.75 Å². The van der Waals surface area contributed by atoms with Gasteiger partial charge in [-0.3, -0.25) is 0 Å². The summed E-state index contributed by atoms with van der Waals surface area (Å²) in [4.78, 5) is 4.60. The van der Waals surface area contributed by atoms with Crippen molar-refractivity contribution in [3.8, 4) is 34.2 Å². The fourth-order valence-corrected chi connectivity index (χ4v) is 2.92. The minimum Gasteiger partial charge on any atom is -0.497 e. The zero-order valence-electron chi connectivity index (χ0n) is 15.4. The molecule has 29 heavy (non-hydrogen) atoms. The highest BCUT2D eigenvalue weighted by Gasteiger charge is 2.30. The van der Waals surface area contributed by atoms with Crippen LogP contribution >= 0.6 is 0 Å². The molecule has 0 unspecified atom stereocenters. The Kier molecular flexibility index (Phi) is 4.80. The second-order valence-electron chi connectivity index (χ2n) is 6.31. The van der Waals surface area contributed by atoms with Crippen molar-refractivity contribution < 1.29 is 17.9 Å². The average molecular weight is 395 g/mol. The van der Waals surface area contributed by atoms with Crippen LogP contribution < -0.4 is 4.74 Å². The molecule has 146 valence electrons. The highest BCUT2D eigenvalue weighted by molar-refractivity contribution is 5.64. The molecule has 0 amide bonds. The molecule has 7 heteroatoms. The Balaban J connectivity index is 1.82. The summed E-state index contributed by atoms with van der Waals surface area (Å²) in [5.74, 6) is 1.63. The minimum atomic E-state index is -4.39. The normalized spacial score (nSPS) is 11.4. The molecule has 0 saturated heterocycles. The highest BCUT2D eigenvalue weighted by Crippen LogP contribution is 2.32. The van der Waals surface area contributed by atoms with E-state index in [2.05, 4.69) is 10.1 Å². The summed E-state index contributed by atoms with van der Waals surface area (Å²) in [5.41, 5.74) is 1.36. The second-order valence-corrected chi connectivity index (χ2v) is 6.31. The Morgan fingerprint density at radius 2 is 1.41 bits per heavy atom. The Labute approximate surface area is 165 Å². The third-order valence-corrected chi connectivity index (χ3v) is 4.43. The lowest BCUT2D eigenvalue weighted by Crippen LogP contribution is -2.04. The van der Waals surface area contributed by atoms with Gasteiger partial charge in [0.05, 0.1) is 18.4 Å². The molecule has 3 aromatic carbocycles. The number of para-hydroxylation sites is 1. The fourth-order valence-electron chi connectivity index (χ4n) is 2.92. The van der Waals surface area contributed by atoms with Gasteiger partial charge in [-0.15, -0.1) is 5.10 Å². The van der Waals surface area contributed by atoms with Crippen LogP contribution in [0.3, 0.4) is 0 Å². The number of ether oxygens (including phenoxy) is 1. The Morgan fingerprint density at radius 3 is 2.00 bits per heavy atom. The Bertz CT molecular complexity index is 1100. The van der Waals surface area contributed by atoms with Gasteiger partial charge in [-0.1, -0.05) is 30.3 Å². The van der Waals surface area contributed by atoms with E-state index in [0.717, 1.165) is 23.4 Å². The van der Waals surface area contributed by atoms with Crippen LogP contribution in [0.5, 0.6) is 5.75 Å². The largest absolute Gasteiger partial charge is 0.497 e. The molecule has 0 aliphatic rings. The number of aromatic nitrogens is 3. The van der Waals surface area contributed by atoms with Crippen molar-refractivity contribution in [2.24, 2.45) is 0 Å². The van der Waals surface area contributed by atoms with Crippen LogP contribution in [0, 0.1) is 0 Å². The van der Waals surface area contributed by atoms with E-state index in [1.807, 2.05) is 42.5 Å². The molecule has 4 aromatic rings. The van der Waals surface area contributed by atoms with E-state index >= 15 is 0 Å². The summed E-state index contributed by atoms with van der Waals surface area (Å²) in [5, 5.41) is 4.60. The van der Waals surface area contributed by atoms with Crippen LogP contribution in [0.2, 0.25) is 0 Å². The monoisotopic (exact) mass is 395 g/mol. The van der Waals surface area contributed by atoms with Crippen molar-refractivity contribution in [3.63, 3.8) is 0 Å². The van der Waals surface area contributed by atoms with Crippen LogP contribution in [0.15, 0.2) is 78.9 Å². The van der Waals surface area contributed by atoms with Crippen molar-refractivity contribution in [2.45, 2.75) is 6.18 Å². The molecule has 0 radical (unpaired) electrons. The van der Waals surface area contributed by atoms with Gasteiger partial charge in [0, 0.05) is 11.1 Å². The molecule has 0 spiro atoms. The van der Waals surface area contributed by atoms with Crippen LogP contribution in [0.1, 0.15) is 5.56 Å². The fraction of sp³-hybridized carbons (Fsp3) is 0.0909. The predicted molar refractivity (Wildman–Crippen MR) is 104 cm³/mol. The summed E-state index contributed by atoms with van der Waals surface area (Å²) < 4.78 is 45.5. The summed E-state index contributed by atoms with van der Waals surface area (Å²) in [6.45, 7) is 0. The van der Waals surface area contributed by atoms with Gasteiger partial charge in [0.15, 0.2) is 11.6 Å². The quantitative estimate of drug-likeness (QED) is 0.450. The molecule has 1 aromatic heterocycles. The third-order valence-electron chi connectivity index (χ3n) is 4.43. The molecular formula is C22H16F3N3O. The zero-order chi connectivity index (χ0) is 20.4. The first-order chi connectivity index (χ1) is 14.0. The van der Waals surface area contributed by atoms with Crippen molar-refractivity contribution >= 4 is 0 Å². The number of rotatable bonds is 4. The van der Waals surface area contributed by atoms with Crippen LogP contribution in [-0.4, -0.2) is 21.9 Å². The molecule has 0 aliphatic carbocycles. The number of hydrogen-bond donors (Lipinski definition) is 0. The maximum Gasteiger partial charge on any atom is 0.416 e. The lowest BCUT2D eigenvalue weighted by Gasteiger charge is -2.08. The molecule has 0 fully saturated rings. The van der Waals surface area contributed by atoms with Crippen molar-refractivity contribution in [3.05, 3.63) is 84.4 Å². The van der Waals surface area contributed by atoms with E-state index < -0.39 is 11.7 Å². The number of benzene rings is 3. The first-order valence-electron chi connectivity index (χ1n) is 8.80. The van der Waals surface area contributed by atoms with Gasteiger partial charge in [-0.25, -0.2) is 9.67 Å². The maximum absolute atomic E-state index is 12.9. The van der Waals surface area contributed by atoms with E-state index in [9.17, 15) is 13.2 Å². The van der Waals surface area contributed by atoms with E-state index in [-0.39, 0.29) is 0 Å². The van der Waals surface area contributed by atoms with Gasteiger partial charge in [-0.05, 0) is 48.5 Å². The van der Waals surface area contributed by atoms with Gasteiger partial charge in [-0.2, -0.15) is 13.2 Å². The predicted octanol–water partition coefficient (Wildman–Crippen LogP) is 5.63. The van der Waals surface area contributed by atoms with Crippen molar-refractivity contribution in [2.75, 3.05) is 7.11 Å². The van der Waals surface area contributed by atoms with E-state index in [1.54, 1.807) is 23.9 Å². The summed E-state index contributed by atoms with van der Waals surface area (Å²) in [6, 6.07) is 21.5. The first-order valence-corrected chi connectivity index (χ1v) is 8.80. The number of alkyl halides is 3. The summed E-state index contributed by atoms with van der Waals surface area (Å²) >= 11 is 0. The van der Waals surface area contributed by atoms with Gasteiger partial charge in [0.2, 0.25) is 0 Å². The SMILES string of the molecule is COc1ccc(-c2nc(-c3ccc(C(F)(F)F)cc3)n(-c3ccccc3)n2)cc1. The van der Waals surface area contributed by atoms with E-state index in [1.165, 1.54) is 12.1 Å².